The first-order chi connectivity index (χ1) is 15.2. The first-order valence-electron chi connectivity index (χ1n) is 9.76. The van der Waals surface area contributed by atoms with Crippen molar-refractivity contribution in [3.63, 3.8) is 0 Å². The first kappa shape index (κ1) is 20.7. The summed E-state index contributed by atoms with van der Waals surface area (Å²) in [5.74, 6) is 2.14. The molecule has 2 heterocycles. The highest BCUT2D eigenvalue weighted by Crippen LogP contribution is 2.33. The number of nitrogens with zero attached hydrogens (tertiary/aromatic N) is 3. The van der Waals surface area contributed by atoms with Crippen molar-refractivity contribution < 1.29 is 13.9 Å². The van der Waals surface area contributed by atoms with E-state index in [1.807, 2.05) is 65.5 Å². The molecule has 0 spiro atoms. The van der Waals surface area contributed by atoms with Crippen molar-refractivity contribution in [1.82, 2.24) is 4.68 Å². The highest BCUT2D eigenvalue weighted by molar-refractivity contribution is 7.07. The normalized spacial score (nSPS) is 12.2. The standard InChI is InChI=1S/C24H23N3O3S/c1-17(22-10-7-13-30-22)26-27-21(20-12-11-19(28-2)14-23(20)29-3)16-31-24(27)25-15-18-8-5-4-6-9-18/h4-14,16H,15H2,1-3H3. The number of furan rings is 1. The molecule has 2 aromatic carbocycles. The number of methoxy groups -OCH3 is 2. The summed E-state index contributed by atoms with van der Waals surface area (Å²) in [6, 6.07) is 19.6. The molecule has 0 amide bonds. The van der Waals surface area contributed by atoms with Gasteiger partial charge in [-0.25, -0.2) is 4.68 Å². The topological polar surface area (TPSA) is 61.2 Å². The smallest absolute Gasteiger partial charge is 0.206 e. The summed E-state index contributed by atoms with van der Waals surface area (Å²) in [6.45, 7) is 2.48. The van der Waals surface area contributed by atoms with Gasteiger partial charge in [-0.15, -0.1) is 11.3 Å². The summed E-state index contributed by atoms with van der Waals surface area (Å²) in [6.07, 6.45) is 1.64. The van der Waals surface area contributed by atoms with Crippen molar-refractivity contribution >= 4 is 17.0 Å². The molecule has 0 aliphatic heterocycles. The van der Waals surface area contributed by atoms with E-state index in [2.05, 4.69) is 12.1 Å². The van der Waals surface area contributed by atoms with Crippen molar-refractivity contribution in [2.24, 2.45) is 10.1 Å². The average molecular weight is 434 g/mol. The molecule has 0 radical (unpaired) electrons. The van der Waals surface area contributed by atoms with Crippen molar-refractivity contribution in [3.05, 3.63) is 88.4 Å². The van der Waals surface area contributed by atoms with Gasteiger partial charge in [0.05, 0.1) is 32.7 Å². The highest BCUT2D eigenvalue weighted by atomic mass is 32.1. The Labute approximate surface area is 184 Å². The monoisotopic (exact) mass is 433 g/mol. The van der Waals surface area contributed by atoms with E-state index in [0.717, 1.165) is 33.1 Å². The Balaban J connectivity index is 1.84. The summed E-state index contributed by atoms with van der Waals surface area (Å²) >= 11 is 1.53. The number of hydrogen-bond acceptors (Lipinski definition) is 6. The van der Waals surface area contributed by atoms with Crippen LogP contribution in [-0.2, 0) is 6.54 Å². The lowest BCUT2D eigenvalue weighted by atomic mass is 10.1. The summed E-state index contributed by atoms with van der Waals surface area (Å²) in [4.78, 5) is 5.60. The number of benzene rings is 2. The largest absolute Gasteiger partial charge is 0.497 e. The van der Waals surface area contributed by atoms with Crippen LogP contribution in [0.1, 0.15) is 18.2 Å². The molecule has 4 rings (SSSR count). The van der Waals surface area contributed by atoms with Crippen LogP contribution < -0.4 is 14.3 Å². The average Bonchev–Trinajstić information content (AvgIpc) is 3.48. The maximum absolute atomic E-state index is 5.63. The van der Waals surface area contributed by atoms with Crippen molar-refractivity contribution in [2.75, 3.05) is 14.2 Å². The third-order valence-corrected chi connectivity index (χ3v) is 5.59. The highest BCUT2D eigenvalue weighted by Gasteiger charge is 2.15. The van der Waals surface area contributed by atoms with Crippen LogP contribution in [0.5, 0.6) is 11.5 Å². The second kappa shape index (κ2) is 9.49. The second-order valence-corrected chi connectivity index (χ2v) is 7.58. The van der Waals surface area contributed by atoms with Gasteiger partial charge in [-0.05, 0) is 36.8 Å². The predicted octanol–water partition coefficient (Wildman–Crippen LogP) is 5.20. The van der Waals surface area contributed by atoms with E-state index >= 15 is 0 Å². The molecule has 0 fully saturated rings. The van der Waals surface area contributed by atoms with Gasteiger partial charge in [-0.2, -0.15) is 5.10 Å². The Hall–Kier alpha value is -3.58. The molecule has 158 valence electrons. The molecular formula is C24H23N3O3S. The molecule has 0 aliphatic carbocycles. The van der Waals surface area contributed by atoms with E-state index in [0.29, 0.717) is 18.1 Å². The van der Waals surface area contributed by atoms with E-state index in [1.54, 1.807) is 20.5 Å². The molecule has 0 N–H and O–H groups in total. The van der Waals surface area contributed by atoms with Gasteiger partial charge in [0, 0.05) is 17.0 Å². The molecule has 0 atom stereocenters. The fourth-order valence-corrected chi connectivity index (χ4v) is 3.95. The number of thiazole rings is 1. The van der Waals surface area contributed by atoms with E-state index in [4.69, 9.17) is 24.0 Å². The maximum Gasteiger partial charge on any atom is 0.206 e. The Morgan fingerprint density at radius 1 is 1.03 bits per heavy atom. The summed E-state index contributed by atoms with van der Waals surface area (Å²) in [5.41, 5.74) is 3.66. The summed E-state index contributed by atoms with van der Waals surface area (Å²) < 4.78 is 18.3. The van der Waals surface area contributed by atoms with E-state index in [1.165, 1.54) is 11.3 Å². The number of rotatable bonds is 7. The van der Waals surface area contributed by atoms with Gasteiger partial charge in [0.2, 0.25) is 4.80 Å². The number of aromatic nitrogens is 1. The molecule has 0 aliphatic rings. The van der Waals surface area contributed by atoms with Crippen LogP contribution >= 0.6 is 11.3 Å². The van der Waals surface area contributed by atoms with Crippen LogP contribution in [0.4, 0.5) is 0 Å². The van der Waals surface area contributed by atoms with Gasteiger partial charge in [0.15, 0.2) is 0 Å². The van der Waals surface area contributed by atoms with Gasteiger partial charge in [0.25, 0.3) is 0 Å². The zero-order valence-electron chi connectivity index (χ0n) is 17.6. The van der Waals surface area contributed by atoms with Gasteiger partial charge < -0.3 is 13.9 Å². The van der Waals surface area contributed by atoms with Gasteiger partial charge in [0.1, 0.15) is 23.0 Å². The van der Waals surface area contributed by atoms with Gasteiger partial charge in [-0.1, -0.05) is 30.3 Å². The minimum Gasteiger partial charge on any atom is -0.497 e. The van der Waals surface area contributed by atoms with Crippen molar-refractivity contribution in [1.29, 1.82) is 0 Å². The van der Waals surface area contributed by atoms with E-state index in [-0.39, 0.29) is 0 Å². The fourth-order valence-electron chi connectivity index (χ4n) is 3.13. The Morgan fingerprint density at radius 2 is 1.87 bits per heavy atom. The summed E-state index contributed by atoms with van der Waals surface area (Å²) in [7, 11) is 3.28. The fraction of sp³-hybridized carbons (Fsp3) is 0.167. The Morgan fingerprint density at radius 3 is 2.58 bits per heavy atom. The van der Waals surface area contributed by atoms with Gasteiger partial charge in [-0.3, -0.25) is 4.99 Å². The molecule has 0 saturated carbocycles. The minimum atomic E-state index is 0.565. The number of hydrogen-bond donors (Lipinski definition) is 0. The molecule has 2 aromatic heterocycles. The molecule has 0 bridgehead atoms. The van der Waals surface area contributed by atoms with Crippen molar-refractivity contribution in [2.45, 2.75) is 13.5 Å². The lowest BCUT2D eigenvalue weighted by Crippen LogP contribution is -2.14. The van der Waals surface area contributed by atoms with Crippen molar-refractivity contribution in [3.8, 4) is 22.8 Å². The first-order valence-corrected chi connectivity index (χ1v) is 10.6. The molecular weight excluding hydrogens is 410 g/mol. The third kappa shape index (κ3) is 4.62. The summed E-state index contributed by atoms with van der Waals surface area (Å²) in [5, 5.41) is 6.87. The van der Waals surface area contributed by atoms with Crippen LogP contribution in [0.3, 0.4) is 0 Å². The predicted molar refractivity (Wildman–Crippen MR) is 123 cm³/mol. The maximum atomic E-state index is 5.63. The SMILES string of the molecule is COc1ccc(-c2csc(=NCc3ccccc3)n2N=C(C)c2ccco2)c(OC)c1. The molecule has 0 saturated heterocycles. The van der Waals surface area contributed by atoms with Gasteiger partial charge >= 0.3 is 0 Å². The molecule has 31 heavy (non-hydrogen) atoms. The molecule has 0 unspecified atom stereocenters. The van der Waals surface area contributed by atoms with Crippen LogP contribution in [0.15, 0.2) is 86.8 Å². The second-order valence-electron chi connectivity index (χ2n) is 6.75. The molecule has 7 heteroatoms. The van der Waals surface area contributed by atoms with Crippen LogP contribution in [0.25, 0.3) is 11.3 Å². The van der Waals surface area contributed by atoms with E-state index < -0.39 is 0 Å². The zero-order chi connectivity index (χ0) is 21.6. The zero-order valence-corrected chi connectivity index (χ0v) is 18.4. The lowest BCUT2D eigenvalue weighted by Gasteiger charge is -2.11. The number of ether oxygens (including phenoxy) is 2. The molecule has 6 nitrogen and oxygen atoms in total. The van der Waals surface area contributed by atoms with Crippen LogP contribution in [-0.4, -0.2) is 24.6 Å². The lowest BCUT2D eigenvalue weighted by molar-refractivity contribution is 0.395. The quantitative estimate of drug-likeness (QED) is 0.376. The minimum absolute atomic E-state index is 0.565. The van der Waals surface area contributed by atoms with Crippen LogP contribution in [0.2, 0.25) is 0 Å². The van der Waals surface area contributed by atoms with E-state index in [9.17, 15) is 0 Å². The molecule has 4 aromatic rings. The van der Waals surface area contributed by atoms with Crippen LogP contribution in [0, 0.1) is 0 Å². The Kier molecular flexibility index (Phi) is 6.33. The third-order valence-electron chi connectivity index (χ3n) is 4.74. The Bertz CT molecular complexity index is 1240.